The molecule has 0 unspecified atom stereocenters. The second-order valence-corrected chi connectivity index (χ2v) is 6.67. The van der Waals surface area contributed by atoms with Crippen molar-refractivity contribution in [3.8, 4) is 0 Å². The Labute approximate surface area is 108 Å². The minimum Gasteiger partial charge on any atom is -0.381 e. The van der Waals surface area contributed by atoms with Crippen LogP contribution in [0.2, 0.25) is 0 Å². The predicted octanol–water partition coefficient (Wildman–Crippen LogP) is 1.23. The van der Waals surface area contributed by atoms with Gasteiger partial charge in [-0.1, -0.05) is 24.3 Å². The number of ether oxygens (including phenoxy) is 1. The summed E-state index contributed by atoms with van der Waals surface area (Å²) < 4.78 is 28.6. The fraction of sp³-hybridized carbons (Fsp3) is 0.538. The first kappa shape index (κ1) is 13.5. The Morgan fingerprint density at radius 3 is 2.78 bits per heavy atom. The van der Waals surface area contributed by atoms with Gasteiger partial charge in [0.2, 0.25) is 10.0 Å². The van der Waals surface area contributed by atoms with Gasteiger partial charge < -0.3 is 4.74 Å². The Hall–Kier alpha value is -0.910. The molecule has 1 aromatic carbocycles. The number of sulfonamides is 1. The average Bonchev–Trinajstić information content (AvgIpc) is 2.31. The zero-order valence-corrected chi connectivity index (χ0v) is 11.3. The van der Waals surface area contributed by atoms with Crippen molar-refractivity contribution in [3.05, 3.63) is 35.4 Å². The van der Waals surface area contributed by atoms with E-state index in [1.807, 2.05) is 31.2 Å². The number of rotatable bonds is 3. The van der Waals surface area contributed by atoms with Crippen LogP contribution in [0, 0.1) is 12.8 Å². The van der Waals surface area contributed by atoms with Crippen molar-refractivity contribution < 1.29 is 13.2 Å². The molecule has 5 heteroatoms. The van der Waals surface area contributed by atoms with E-state index in [4.69, 9.17) is 9.88 Å². The van der Waals surface area contributed by atoms with Crippen LogP contribution >= 0.6 is 0 Å². The van der Waals surface area contributed by atoms with Gasteiger partial charge in [-0.15, -0.1) is 0 Å². The van der Waals surface area contributed by atoms with E-state index >= 15 is 0 Å². The van der Waals surface area contributed by atoms with Crippen LogP contribution in [0.4, 0.5) is 0 Å². The van der Waals surface area contributed by atoms with Gasteiger partial charge in [0.05, 0.1) is 11.9 Å². The lowest BCUT2D eigenvalue weighted by molar-refractivity contribution is 0.0572. The fourth-order valence-corrected chi connectivity index (χ4v) is 3.66. The number of primary sulfonamides is 1. The highest BCUT2D eigenvalue weighted by atomic mass is 32.2. The van der Waals surface area contributed by atoms with Gasteiger partial charge in [-0.3, -0.25) is 0 Å². The van der Waals surface area contributed by atoms with E-state index in [0.29, 0.717) is 26.1 Å². The quantitative estimate of drug-likeness (QED) is 0.897. The highest BCUT2D eigenvalue weighted by Gasteiger charge is 2.34. The van der Waals surface area contributed by atoms with E-state index in [0.717, 1.165) is 0 Å². The summed E-state index contributed by atoms with van der Waals surface area (Å²) in [6, 6.07) is 8.01. The molecule has 0 aliphatic carbocycles. The monoisotopic (exact) mass is 269 g/mol. The lowest BCUT2D eigenvalue weighted by atomic mass is 9.91. The number of aryl methyl sites for hydroxylation is 1. The topological polar surface area (TPSA) is 69.4 Å². The minimum absolute atomic E-state index is 0.0464. The summed E-state index contributed by atoms with van der Waals surface area (Å²) in [6.45, 7) is 2.98. The van der Waals surface area contributed by atoms with Crippen LogP contribution in [0.3, 0.4) is 0 Å². The van der Waals surface area contributed by atoms with Gasteiger partial charge in [-0.2, -0.15) is 0 Å². The Balaban J connectivity index is 2.18. The molecule has 0 radical (unpaired) electrons. The van der Waals surface area contributed by atoms with Gasteiger partial charge in [-0.25, -0.2) is 13.6 Å². The molecule has 1 heterocycles. The van der Waals surface area contributed by atoms with E-state index in [-0.39, 0.29) is 5.92 Å². The SMILES string of the molecule is Cc1ccccc1C[C@H]1COCC[C@@H]1S(N)(=O)=O. The molecule has 0 amide bonds. The van der Waals surface area contributed by atoms with Crippen LogP contribution in [-0.2, 0) is 21.2 Å². The lowest BCUT2D eigenvalue weighted by Crippen LogP contribution is -2.42. The molecule has 2 rings (SSSR count). The lowest BCUT2D eigenvalue weighted by Gasteiger charge is -2.30. The van der Waals surface area contributed by atoms with E-state index in [1.54, 1.807) is 0 Å². The zero-order chi connectivity index (χ0) is 13.2. The normalized spacial score (nSPS) is 25.0. The van der Waals surface area contributed by atoms with E-state index in [1.165, 1.54) is 11.1 Å². The van der Waals surface area contributed by atoms with Crippen molar-refractivity contribution in [1.29, 1.82) is 0 Å². The molecule has 18 heavy (non-hydrogen) atoms. The predicted molar refractivity (Wildman–Crippen MR) is 70.7 cm³/mol. The molecule has 1 aliphatic heterocycles. The van der Waals surface area contributed by atoms with Gasteiger partial charge in [0, 0.05) is 12.5 Å². The van der Waals surface area contributed by atoms with Gasteiger partial charge in [0.15, 0.2) is 0 Å². The second-order valence-electron chi connectivity index (χ2n) is 4.88. The van der Waals surface area contributed by atoms with Crippen molar-refractivity contribution in [2.45, 2.75) is 25.0 Å². The number of hydrogen-bond donors (Lipinski definition) is 1. The molecule has 0 bridgehead atoms. The maximum absolute atomic E-state index is 11.6. The highest BCUT2D eigenvalue weighted by molar-refractivity contribution is 7.89. The summed E-state index contributed by atoms with van der Waals surface area (Å²) in [6.07, 6.45) is 1.20. The third-order valence-corrected chi connectivity index (χ3v) is 5.03. The minimum atomic E-state index is -3.49. The van der Waals surface area contributed by atoms with Gasteiger partial charge >= 0.3 is 0 Å². The molecule has 0 saturated carbocycles. The van der Waals surface area contributed by atoms with E-state index in [2.05, 4.69) is 0 Å². The third kappa shape index (κ3) is 3.10. The molecule has 0 aromatic heterocycles. The molecule has 2 N–H and O–H groups in total. The Morgan fingerprint density at radius 2 is 2.11 bits per heavy atom. The molecule has 1 aliphatic rings. The summed E-state index contributed by atoms with van der Waals surface area (Å²) in [5.41, 5.74) is 2.35. The van der Waals surface area contributed by atoms with Gasteiger partial charge in [-0.05, 0) is 30.9 Å². The fourth-order valence-electron chi connectivity index (χ4n) is 2.52. The summed E-state index contributed by atoms with van der Waals surface area (Å²) in [7, 11) is -3.49. The van der Waals surface area contributed by atoms with Crippen LogP contribution in [-0.4, -0.2) is 26.9 Å². The van der Waals surface area contributed by atoms with Crippen LogP contribution in [0.1, 0.15) is 17.5 Å². The Kier molecular flexibility index (Phi) is 4.04. The molecular formula is C13H19NO3S. The number of benzene rings is 1. The van der Waals surface area contributed by atoms with E-state index < -0.39 is 15.3 Å². The van der Waals surface area contributed by atoms with E-state index in [9.17, 15) is 8.42 Å². The molecule has 2 atom stereocenters. The first-order chi connectivity index (χ1) is 8.48. The first-order valence-corrected chi connectivity index (χ1v) is 7.73. The summed E-state index contributed by atoms with van der Waals surface area (Å²) >= 11 is 0. The van der Waals surface area contributed by atoms with Gasteiger partial charge in [0.25, 0.3) is 0 Å². The molecule has 1 saturated heterocycles. The van der Waals surface area contributed by atoms with Crippen molar-refractivity contribution >= 4 is 10.0 Å². The number of nitrogens with two attached hydrogens (primary N) is 1. The molecule has 4 nitrogen and oxygen atoms in total. The maximum Gasteiger partial charge on any atom is 0.212 e. The smallest absolute Gasteiger partial charge is 0.212 e. The maximum atomic E-state index is 11.6. The Morgan fingerprint density at radius 1 is 1.39 bits per heavy atom. The molecule has 1 aromatic rings. The van der Waals surface area contributed by atoms with Crippen LogP contribution in [0.5, 0.6) is 0 Å². The van der Waals surface area contributed by atoms with Crippen molar-refractivity contribution in [1.82, 2.24) is 0 Å². The standard InChI is InChI=1S/C13H19NO3S/c1-10-4-2-3-5-11(10)8-12-9-17-7-6-13(12)18(14,15)16/h2-5,12-13H,6-9H2,1H3,(H2,14,15,16)/t12-,13-/m0/s1. The molecule has 1 fully saturated rings. The van der Waals surface area contributed by atoms with Gasteiger partial charge in [0.1, 0.15) is 0 Å². The third-order valence-electron chi connectivity index (χ3n) is 3.57. The first-order valence-electron chi connectivity index (χ1n) is 6.12. The van der Waals surface area contributed by atoms with Crippen LogP contribution in [0.25, 0.3) is 0 Å². The van der Waals surface area contributed by atoms with Crippen LogP contribution in [0.15, 0.2) is 24.3 Å². The van der Waals surface area contributed by atoms with Crippen LogP contribution < -0.4 is 5.14 Å². The summed E-state index contributed by atoms with van der Waals surface area (Å²) in [5, 5.41) is 4.83. The Bertz CT molecular complexity index is 513. The van der Waals surface area contributed by atoms with Crippen molar-refractivity contribution in [2.24, 2.45) is 11.1 Å². The molecule has 0 spiro atoms. The van der Waals surface area contributed by atoms with Crippen molar-refractivity contribution in [3.63, 3.8) is 0 Å². The largest absolute Gasteiger partial charge is 0.381 e. The zero-order valence-electron chi connectivity index (χ0n) is 10.5. The molecule has 100 valence electrons. The highest BCUT2D eigenvalue weighted by Crippen LogP contribution is 2.25. The molecular weight excluding hydrogens is 250 g/mol. The second kappa shape index (κ2) is 5.38. The summed E-state index contributed by atoms with van der Waals surface area (Å²) in [4.78, 5) is 0. The summed E-state index contributed by atoms with van der Waals surface area (Å²) in [5.74, 6) is -0.0464. The average molecular weight is 269 g/mol. The van der Waals surface area contributed by atoms with Crippen molar-refractivity contribution in [2.75, 3.05) is 13.2 Å². The number of hydrogen-bond acceptors (Lipinski definition) is 3.